The van der Waals surface area contributed by atoms with Crippen molar-refractivity contribution in [2.45, 2.75) is 32.8 Å². The molecule has 2 aliphatic rings. The third kappa shape index (κ3) is 2.73. The number of amides is 2. The van der Waals surface area contributed by atoms with Crippen LogP contribution in [0.5, 0.6) is 5.75 Å². The van der Waals surface area contributed by atoms with Gasteiger partial charge in [-0.05, 0) is 43.0 Å². The molecule has 0 bridgehead atoms. The highest BCUT2D eigenvalue weighted by atomic mass is 16.5. The van der Waals surface area contributed by atoms with E-state index in [1.807, 2.05) is 42.2 Å². The van der Waals surface area contributed by atoms with E-state index >= 15 is 0 Å². The van der Waals surface area contributed by atoms with Crippen LogP contribution < -0.4 is 14.5 Å². The Labute approximate surface area is 153 Å². The topological polar surface area (TPSA) is 49.9 Å². The van der Waals surface area contributed by atoms with Crippen LogP contribution in [0, 0.1) is 6.92 Å². The molecular weight excluding hydrogens is 328 g/mol. The second-order valence-corrected chi connectivity index (χ2v) is 6.88. The molecule has 5 nitrogen and oxygen atoms in total. The zero-order valence-electron chi connectivity index (χ0n) is 15.1. The van der Waals surface area contributed by atoms with E-state index in [0.717, 1.165) is 29.8 Å². The van der Waals surface area contributed by atoms with Crippen molar-refractivity contribution in [2.75, 3.05) is 22.9 Å². The van der Waals surface area contributed by atoms with Gasteiger partial charge in [-0.1, -0.05) is 30.3 Å². The van der Waals surface area contributed by atoms with Gasteiger partial charge in [-0.25, -0.2) is 0 Å². The summed E-state index contributed by atoms with van der Waals surface area (Å²) in [6, 6.07) is 13.5. The number of nitrogens with zero attached hydrogens (tertiary/aromatic N) is 2. The first-order chi connectivity index (χ1) is 12.6. The van der Waals surface area contributed by atoms with Crippen LogP contribution in [0.1, 0.15) is 24.5 Å². The molecule has 2 aliphatic heterocycles. The van der Waals surface area contributed by atoms with Gasteiger partial charge in [0.2, 0.25) is 5.91 Å². The second-order valence-electron chi connectivity index (χ2n) is 6.88. The molecule has 5 heteroatoms. The van der Waals surface area contributed by atoms with E-state index < -0.39 is 6.10 Å². The predicted molar refractivity (Wildman–Crippen MR) is 101 cm³/mol. The van der Waals surface area contributed by atoms with E-state index in [0.29, 0.717) is 12.3 Å². The number of carbonyl (C=O) groups excluding carboxylic acids is 2. The summed E-state index contributed by atoms with van der Waals surface area (Å²) in [5, 5.41) is 0. The van der Waals surface area contributed by atoms with E-state index in [4.69, 9.17) is 4.74 Å². The van der Waals surface area contributed by atoms with Gasteiger partial charge in [0.1, 0.15) is 5.75 Å². The van der Waals surface area contributed by atoms with Crippen LogP contribution in [0.15, 0.2) is 42.5 Å². The van der Waals surface area contributed by atoms with E-state index in [1.165, 1.54) is 12.5 Å². The molecule has 0 N–H and O–H groups in total. The highest BCUT2D eigenvalue weighted by Crippen LogP contribution is 2.36. The van der Waals surface area contributed by atoms with Gasteiger partial charge in [0.25, 0.3) is 5.91 Å². The van der Waals surface area contributed by atoms with Gasteiger partial charge < -0.3 is 14.5 Å². The van der Waals surface area contributed by atoms with Gasteiger partial charge in [0.05, 0.1) is 12.2 Å². The zero-order chi connectivity index (χ0) is 18.3. The van der Waals surface area contributed by atoms with Crippen molar-refractivity contribution in [2.24, 2.45) is 0 Å². The van der Waals surface area contributed by atoms with Gasteiger partial charge >= 0.3 is 0 Å². The first-order valence-electron chi connectivity index (χ1n) is 9.00. The third-order valence-corrected chi connectivity index (χ3v) is 5.11. The molecule has 2 heterocycles. The van der Waals surface area contributed by atoms with Gasteiger partial charge in [-0.15, -0.1) is 0 Å². The molecule has 2 aromatic carbocycles. The molecule has 0 fully saturated rings. The lowest BCUT2D eigenvalue weighted by Crippen LogP contribution is -2.52. The molecular formula is C21H22N2O3. The first kappa shape index (κ1) is 16.6. The lowest BCUT2D eigenvalue weighted by Gasteiger charge is -2.38. The van der Waals surface area contributed by atoms with Crippen LogP contribution in [0.4, 0.5) is 11.4 Å². The summed E-state index contributed by atoms with van der Waals surface area (Å²) in [6.45, 7) is 4.47. The van der Waals surface area contributed by atoms with Crippen molar-refractivity contribution >= 4 is 23.2 Å². The molecule has 0 saturated heterocycles. The summed E-state index contributed by atoms with van der Waals surface area (Å²) in [5.41, 5.74) is 4.01. The summed E-state index contributed by atoms with van der Waals surface area (Å²) < 4.78 is 6.00. The Morgan fingerprint density at radius 1 is 1.08 bits per heavy atom. The van der Waals surface area contributed by atoms with Crippen molar-refractivity contribution in [3.8, 4) is 5.75 Å². The average molecular weight is 350 g/mol. The number of para-hydroxylation sites is 3. The zero-order valence-corrected chi connectivity index (χ0v) is 15.1. The van der Waals surface area contributed by atoms with E-state index in [2.05, 4.69) is 6.07 Å². The largest absolute Gasteiger partial charge is 0.476 e. The fraction of sp³-hybridized carbons (Fsp3) is 0.333. The van der Waals surface area contributed by atoms with Crippen molar-refractivity contribution in [3.05, 3.63) is 53.6 Å². The lowest BCUT2D eigenvalue weighted by molar-refractivity contribution is -0.125. The Hall–Kier alpha value is -2.82. The highest BCUT2D eigenvalue weighted by molar-refractivity contribution is 6.01. The van der Waals surface area contributed by atoms with Crippen LogP contribution in [-0.2, 0) is 16.0 Å². The Bertz CT molecular complexity index is 877. The minimum atomic E-state index is -0.695. The Morgan fingerprint density at radius 2 is 1.88 bits per heavy atom. The van der Waals surface area contributed by atoms with Crippen LogP contribution in [0.2, 0.25) is 0 Å². The van der Waals surface area contributed by atoms with E-state index in [1.54, 1.807) is 11.0 Å². The van der Waals surface area contributed by atoms with Gasteiger partial charge in [0, 0.05) is 19.2 Å². The Morgan fingerprint density at radius 3 is 2.69 bits per heavy atom. The number of fused-ring (bicyclic) bond motifs is 2. The standard InChI is InChI=1S/C21H22N2O3/c1-14-7-5-8-16-9-6-12-22(20(14)16)21(25)19-13-23(15(2)24)17-10-3-4-11-18(17)26-19/h3-5,7-8,10-11,19H,6,9,12-13H2,1-2H3/t19-/m0/s1. The van der Waals surface area contributed by atoms with Crippen LogP contribution >= 0.6 is 0 Å². The number of ether oxygens (including phenoxy) is 1. The predicted octanol–water partition coefficient (Wildman–Crippen LogP) is 3.09. The van der Waals surface area contributed by atoms with Crippen molar-refractivity contribution < 1.29 is 14.3 Å². The van der Waals surface area contributed by atoms with Crippen molar-refractivity contribution in [1.82, 2.24) is 0 Å². The monoisotopic (exact) mass is 350 g/mol. The molecule has 0 radical (unpaired) electrons. The molecule has 0 aliphatic carbocycles. The maximum atomic E-state index is 13.3. The molecule has 0 aromatic heterocycles. The lowest BCUT2D eigenvalue weighted by atomic mass is 9.97. The highest BCUT2D eigenvalue weighted by Gasteiger charge is 2.37. The number of hydrogen-bond donors (Lipinski definition) is 0. The minimum absolute atomic E-state index is 0.0824. The third-order valence-electron chi connectivity index (χ3n) is 5.11. The molecule has 0 saturated carbocycles. The smallest absolute Gasteiger partial charge is 0.269 e. The van der Waals surface area contributed by atoms with Gasteiger partial charge in [0.15, 0.2) is 6.10 Å². The molecule has 1 atom stereocenters. The second kappa shape index (κ2) is 6.48. The van der Waals surface area contributed by atoms with Crippen molar-refractivity contribution in [1.29, 1.82) is 0 Å². The molecule has 0 unspecified atom stereocenters. The summed E-state index contributed by atoms with van der Waals surface area (Å²) in [4.78, 5) is 28.9. The van der Waals surface area contributed by atoms with Gasteiger partial charge in [-0.3, -0.25) is 9.59 Å². The number of carbonyl (C=O) groups is 2. The maximum Gasteiger partial charge on any atom is 0.269 e. The molecule has 2 amide bonds. The van der Waals surface area contributed by atoms with E-state index in [-0.39, 0.29) is 18.4 Å². The van der Waals surface area contributed by atoms with Gasteiger partial charge in [-0.2, -0.15) is 0 Å². The fourth-order valence-corrected chi connectivity index (χ4v) is 3.90. The SMILES string of the molecule is CC(=O)N1C[C@@H](C(=O)N2CCCc3cccc(C)c32)Oc2ccccc21. The van der Waals surface area contributed by atoms with Crippen molar-refractivity contribution in [3.63, 3.8) is 0 Å². The minimum Gasteiger partial charge on any atom is -0.476 e. The maximum absolute atomic E-state index is 13.3. The Kier molecular flexibility index (Phi) is 4.15. The van der Waals surface area contributed by atoms with Crippen LogP contribution in [0.25, 0.3) is 0 Å². The molecule has 2 aromatic rings. The molecule has 26 heavy (non-hydrogen) atoms. The summed E-state index contributed by atoms with van der Waals surface area (Å²) in [6.07, 6.45) is 1.22. The number of hydrogen-bond acceptors (Lipinski definition) is 3. The number of benzene rings is 2. The quantitative estimate of drug-likeness (QED) is 0.794. The fourth-order valence-electron chi connectivity index (χ4n) is 3.90. The molecule has 134 valence electrons. The number of aryl methyl sites for hydroxylation is 2. The summed E-state index contributed by atoms with van der Waals surface area (Å²) >= 11 is 0. The summed E-state index contributed by atoms with van der Waals surface area (Å²) in [5.74, 6) is 0.407. The molecule has 4 rings (SSSR count). The van der Waals surface area contributed by atoms with Crippen LogP contribution in [0.3, 0.4) is 0 Å². The first-order valence-corrected chi connectivity index (χ1v) is 9.00. The average Bonchev–Trinajstić information content (AvgIpc) is 2.66. The Balaban J connectivity index is 1.68. The van der Waals surface area contributed by atoms with E-state index in [9.17, 15) is 9.59 Å². The number of rotatable bonds is 1. The summed E-state index contributed by atoms with van der Waals surface area (Å²) in [7, 11) is 0. The number of anilines is 2. The van der Waals surface area contributed by atoms with Crippen LogP contribution in [-0.4, -0.2) is 31.0 Å². The molecule has 0 spiro atoms. The normalized spacial score (nSPS) is 18.6.